The summed E-state index contributed by atoms with van der Waals surface area (Å²) in [5, 5.41) is 0.771. The molecule has 0 radical (unpaired) electrons. The first kappa shape index (κ1) is 11.2. The van der Waals surface area contributed by atoms with Crippen molar-refractivity contribution in [2.45, 2.75) is 0 Å². The first-order valence-electron chi connectivity index (χ1n) is 5.47. The molecule has 0 amide bonds. The minimum Gasteiger partial charge on any atom is -0.496 e. The summed E-state index contributed by atoms with van der Waals surface area (Å²) >= 11 is 1.53. The summed E-state index contributed by atoms with van der Waals surface area (Å²) in [5.41, 5.74) is 1.61. The van der Waals surface area contributed by atoms with Gasteiger partial charge in [0, 0.05) is 0 Å². The number of ether oxygens (including phenoxy) is 1. The molecule has 0 aliphatic heterocycles. The lowest BCUT2D eigenvalue weighted by Crippen LogP contribution is -1.88. The van der Waals surface area contributed by atoms with Crippen molar-refractivity contribution in [3.05, 3.63) is 48.3 Å². The topological polar surface area (TPSA) is 22.1 Å². The van der Waals surface area contributed by atoms with Crippen molar-refractivity contribution in [2.75, 3.05) is 7.11 Å². The summed E-state index contributed by atoms with van der Waals surface area (Å²) in [7, 11) is 1.57. The summed E-state index contributed by atoms with van der Waals surface area (Å²) in [6, 6.07) is 12.3. The molecule has 0 spiro atoms. The number of halogens is 1. The van der Waals surface area contributed by atoms with E-state index in [2.05, 4.69) is 4.98 Å². The van der Waals surface area contributed by atoms with Gasteiger partial charge in [0.05, 0.1) is 22.9 Å². The van der Waals surface area contributed by atoms with Crippen LogP contribution < -0.4 is 4.74 Å². The second-order valence-electron chi connectivity index (χ2n) is 3.83. The van der Waals surface area contributed by atoms with Crippen LogP contribution in [0.3, 0.4) is 0 Å². The van der Waals surface area contributed by atoms with Gasteiger partial charge in [-0.3, -0.25) is 0 Å². The van der Waals surface area contributed by atoms with Crippen molar-refractivity contribution >= 4 is 21.6 Å². The maximum absolute atomic E-state index is 13.3. The molecule has 0 unspecified atom stereocenters. The van der Waals surface area contributed by atoms with Gasteiger partial charge in [0.1, 0.15) is 16.6 Å². The summed E-state index contributed by atoms with van der Waals surface area (Å²) < 4.78 is 19.7. The predicted molar refractivity (Wildman–Crippen MR) is 71.6 cm³/mol. The van der Waals surface area contributed by atoms with Gasteiger partial charge in [-0.1, -0.05) is 12.1 Å². The van der Waals surface area contributed by atoms with Gasteiger partial charge >= 0.3 is 0 Å². The molecule has 0 saturated heterocycles. The van der Waals surface area contributed by atoms with E-state index in [1.165, 1.54) is 23.5 Å². The van der Waals surface area contributed by atoms with Gasteiger partial charge in [-0.05, 0) is 30.3 Å². The molecule has 4 heteroatoms. The zero-order valence-corrected chi connectivity index (χ0v) is 10.5. The zero-order valence-electron chi connectivity index (χ0n) is 9.68. The van der Waals surface area contributed by atoms with Crippen molar-refractivity contribution in [3.63, 3.8) is 0 Å². The Hall–Kier alpha value is -1.94. The molecule has 1 aromatic heterocycles. The predicted octanol–water partition coefficient (Wildman–Crippen LogP) is 4.11. The van der Waals surface area contributed by atoms with Crippen molar-refractivity contribution in [3.8, 4) is 16.3 Å². The molecular formula is C14H10FNOS. The highest BCUT2D eigenvalue weighted by Gasteiger charge is 2.12. The van der Waals surface area contributed by atoms with Gasteiger partial charge in [0.25, 0.3) is 0 Å². The Morgan fingerprint density at radius 2 is 2.00 bits per heavy atom. The molecule has 90 valence electrons. The monoisotopic (exact) mass is 259 g/mol. The quantitative estimate of drug-likeness (QED) is 0.691. The zero-order chi connectivity index (χ0) is 12.5. The minimum atomic E-state index is -0.287. The van der Waals surface area contributed by atoms with E-state index in [9.17, 15) is 4.39 Å². The molecule has 0 fully saturated rings. The van der Waals surface area contributed by atoms with Crippen LogP contribution in [0.4, 0.5) is 4.39 Å². The van der Waals surface area contributed by atoms with Crippen LogP contribution in [0.2, 0.25) is 0 Å². The van der Waals surface area contributed by atoms with Crippen molar-refractivity contribution in [2.24, 2.45) is 0 Å². The Labute approximate surface area is 108 Å². The van der Waals surface area contributed by atoms with E-state index in [-0.39, 0.29) is 5.82 Å². The molecule has 3 aromatic rings. The second kappa shape index (κ2) is 4.38. The summed E-state index contributed by atoms with van der Waals surface area (Å²) in [4.78, 5) is 4.50. The summed E-state index contributed by atoms with van der Waals surface area (Å²) in [6.07, 6.45) is 0. The number of hydrogen-bond donors (Lipinski definition) is 0. The van der Waals surface area contributed by atoms with Gasteiger partial charge in [-0.2, -0.15) is 0 Å². The summed E-state index contributed by atoms with van der Waals surface area (Å²) in [5.74, 6) is 0.348. The highest BCUT2D eigenvalue weighted by atomic mass is 32.1. The molecule has 0 bridgehead atoms. The normalized spacial score (nSPS) is 10.8. The molecule has 18 heavy (non-hydrogen) atoms. The molecule has 1 heterocycles. The van der Waals surface area contributed by atoms with E-state index in [0.29, 0.717) is 11.3 Å². The first-order valence-corrected chi connectivity index (χ1v) is 6.29. The van der Waals surface area contributed by atoms with E-state index in [0.717, 1.165) is 15.2 Å². The smallest absolute Gasteiger partial charge is 0.129 e. The van der Waals surface area contributed by atoms with Crippen LogP contribution in [0.25, 0.3) is 20.8 Å². The van der Waals surface area contributed by atoms with Crippen LogP contribution in [0.15, 0.2) is 42.5 Å². The molecule has 3 rings (SSSR count). The third-order valence-electron chi connectivity index (χ3n) is 2.69. The van der Waals surface area contributed by atoms with Crippen LogP contribution in [-0.4, -0.2) is 12.1 Å². The maximum Gasteiger partial charge on any atom is 0.129 e. The van der Waals surface area contributed by atoms with Gasteiger partial charge in [-0.25, -0.2) is 9.37 Å². The number of fused-ring (bicyclic) bond motifs is 1. The standard InChI is InChI=1S/C14H10FNOS/c1-17-12-7-6-9(15)8-10(12)14-16-11-4-2-3-5-13(11)18-14/h2-8H,1H3. The lowest BCUT2D eigenvalue weighted by atomic mass is 10.2. The lowest BCUT2D eigenvalue weighted by Gasteiger charge is -2.05. The highest BCUT2D eigenvalue weighted by molar-refractivity contribution is 7.21. The maximum atomic E-state index is 13.3. The van der Waals surface area contributed by atoms with Crippen LogP contribution in [0.5, 0.6) is 5.75 Å². The molecule has 0 aliphatic carbocycles. The third-order valence-corrected chi connectivity index (χ3v) is 3.76. The van der Waals surface area contributed by atoms with Gasteiger partial charge in [0.15, 0.2) is 0 Å². The Morgan fingerprint density at radius 1 is 1.17 bits per heavy atom. The highest BCUT2D eigenvalue weighted by Crippen LogP contribution is 2.35. The largest absolute Gasteiger partial charge is 0.496 e. The average Bonchev–Trinajstić information content (AvgIpc) is 2.82. The molecule has 0 atom stereocenters. The fourth-order valence-electron chi connectivity index (χ4n) is 1.83. The van der Waals surface area contributed by atoms with Crippen LogP contribution in [0.1, 0.15) is 0 Å². The Balaban J connectivity index is 2.22. The number of thiazole rings is 1. The average molecular weight is 259 g/mol. The van der Waals surface area contributed by atoms with E-state index in [1.54, 1.807) is 13.2 Å². The number of rotatable bonds is 2. The fraction of sp³-hybridized carbons (Fsp3) is 0.0714. The Bertz CT molecular complexity index is 675. The molecule has 2 aromatic carbocycles. The molecular weight excluding hydrogens is 249 g/mol. The first-order chi connectivity index (χ1) is 8.78. The van der Waals surface area contributed by atoms with Gasteiger partial charge < -0.3 is 4.74 Å². The van der Waals surface area contributed by atoms with E-state index >= 15 is 0 Å². The van der Waals surface area contributed by atoms with Crippen LogP contribution in [0, 0.1) is 5.82 Å². The lowest BCUT2D eigenvalue weighted by molar-refractivity contribution is 0.415. The number of para-hydroxylation sites is 1. The summed E-state index contributed by atoms with van der Waals surface area (Å²) in [6.45, 7) is 0. The van der Waals surface area contributed by atoms with Gasteiger partial charge in [0.2, 0.25) is 0 Å². The van der Waals surface area contributed by atoms with E-state index < -0.39 is 0 Å². The van der Waals surface area contributed by atoms with Gasteiger partial charge in [-0.15, -0.1) is 11.3 Å². The number of nitrogens with zero attached hydrogens (tertiary/aromatic N) is 1. The number of methoxy groups -OCH3 is 1. The van der Waals surface area contributed by atoms with Crippen molar-refractivity contribution in [1.82, 2.24) is 4.98 Å². The van der Waals surface area contributed by atoms with E-state index in [4.69, 9.17) is 4.74 Å². The third kappa shape index (κ3) is 1.84. The molecule has 0 aliphatic rings. The van der Waals surface area contributed by atoms with Crippen molar-refractivity contribution in [1.29, 1.82) is 0 Å². The number of aromatic nitrogens is 1. The molecule has 0 N–H and O–H groups in total. The minimum absolute atomic E-state index is 0.287. The molecule has 2 nitrogen and oxygen atoms in total. The van der Waals surface area contributed by atoms with E-state index in [1.807, 2.05) is 24.3 Å². The SMILES string of the molecule is COc1ccc(F)cc1-c1nc2ccccc2s1. The molecule has 0 saturated carbocycles. The number of hydrogen-bond acceptors (Lipinski definition) is 3. The Kier molecular flexibility index (Phi) is 2.72. The fourth-order valence-corrected chi connectivity index (χ4v) is 2.82. The van der Waals surface area contributed by atoms with Crippen molar-refractivity contribution < 1.29 is 9.13 Å². The second-order valence-corrected chi connectivity index (χ2v) is 4.86. The van der Waals surface area contributed by atoms with Crippen LogP contribution >= 0.6 is 11.3 Å². The van der Waals surface area contributed by atoms with Crippen LogP contribution in [-0.2, 0) is 0 Å². The number of benzene rings is 2. The Morgan fingerprint density at radius 3 is 2.78 bits per heavy atom.